The zero-order valence-corrected chi connectivity index (χ0v) is 16.3. The SMILES string of the molecule is CCOc1ccc(CNC(=O)CC(C)C2CCNCC2)cc1OC.Cl. The summed E-state index contributed by atoms with van der Waals surface area (Å²) in [6, 6.07) is 5.77. The Morgan fingerprint density at radius 2 is 2.04 bits per heavy atom. The molecule has 25 heavy (non-hydrogen) atoms. The van der Waals surface area contributed by atoms with Crippen LogP contribution in [0.3, 0.4) is 0 Å². The number of amides is 1. The van der Waals surface area contributed by atoms with Gasteiger partial charge in [0.05, 0.1) is 13.7 Å². The molecule has 5 nitrogen and oxygen atoms in total. The summed E-state index contributed by atoms with van der Waals surface area (Å²) in [5.41, 5.74) is 1.01. The molecule has 1 heterocycles. The maximum absolute atomic E-state index is 12.2. The second kappa shape index (κ2) is 11.2. The lowest BCUT2D eigenvalue weighted by Gasteiger charge is -2.27. The molecule has 1 atom stereocenters. The van der Waals surface area contributed by atoms with Gasteiger partial charge >= 0.3 is 0 Å². The number of carbonyl (C=O) groups excluding carboxylic acids is 1. The van der Waals surface area contributed by atoms with Gasteiger partial charge in [-0.3, -0.25) is 4.79 Å². The summed E-state index contributed by atoms with van der Waals surface area (Å²) in [5, 5.41) is 6.39. The van der Waals surface area contributed by atoms with Gasteiger partial charge in [0, 0.05) is 13.0 Å². The van der Waals surface area contributed by atoms with Gasteiger partial charge < -0.3 is 20.1 Å². The Morgan fingerprint density at radius 1 is 1.32 bits per heavy atom. The van der Waals surface area contributed by atoms with Crippen molar-refractivity contribution in [1.29, 1.82) is 0 Å². The van der Waals surface area contributed by atoms with Crippen LogP contribution in [-0.4, -0.2) is 32.7 Å². The third-order valence-electron chi connectivity index (χ3n) is 4.71. The summed E-state index contributed by atoms with van der Waals surface area (Å²) in [6.07, 6.45) is 2.94. The molecule has 2 rings (SSSR count). The average Bonchev–Trinajstić information content (AvgIpc) is 2.61. The summed E-state index contributed by atoms with van der Waals surface area (Å²) in [4.78, 5) is 12.2. The number of piperidine rings is 1. The molecule has 2 N–H and O–H groups in total. The van der Waals surface area contributed by atoms with Crippen LogP contribution in [0.4, 0.5) is 0 Å². The van der Waals surface area contributed by atoms with Crippen molar-refractivity contribution in [3.63, 3.8) is 0 Å². The van der Waals surface area contributed by atoms with E-state index < -0.39 is 0 Å². The summed E-state index contributed by atoms with van der Waals surface area (Å²) < 4.78 is 10.9. The monoisotopic (exact) mass is 370 g/mol. The number of nitrogens with one attached hydrogen (secondary N) is 2. The van der Waals surface area contributed by atoms with Gasteiger partial charge in [0.15, 0.2) is 11.5 Å². The van der Waals surface area contributed by atoms with Crippen molar-refractivity contribution in [1.82, 2.24) is 10.6 Å². The molecular formula is C19H31ClN2O3. The third-order valence-corrected chi connectivity index (χ3v) is 4.71. The van der Waals surface area contributed by atoms with Gasteiger partial charge in [-0.2, -0.15) is 0 Å². The fourth-order valence-electron chi connectivity index (χ4n) is 3.24. The Hall–Kier alpha value is -1.46. The highest BCUT2D eigenvalue weighted by Gasteiger charge is 2.21. The Morgan fingerprint density at radius 3 is 2.68 bits per heavy atom. The highest BCUT2D eigenvalue weighted by Crippen LogP contribution is 2.28. The number of hydrogen-bond acceptors (Lipinski definition) is 4. The molecular weight excluding hydrogens is 340 g/mol. The first kappa shape index (κ1) is 21.6. The number of halogens is 1. The van der Waals surface area contributed by atoms with E-state index in [-0.39, 0.29) is 18.3 Å². The standard InChI is InChI=1S/C19H30N2O3.ClH/c1-4-24-17-6-5-15(12-18(17)23-3)13-21-19(22)11-14(2)16-7-9-20-10-8-16;/h5-6,12,14,16,20H,4,7-11,13H2,1-3H3,(H,21,22);1H. The molecule has 1 fully saturated rings. The van der Waals surface area contributed by atoms with Crippen molar-refractivity contribution in [2.24, 2.45) is 11.8 Å². The molecule has 142 valence electrons. The number of ether oxygens (including phenoxy) is 2. The van der Waals surface area contributed by atoms with E-state index >= 15 is 0 Å². The lowest BCUT2D eigenvalue weighted by Crippen LogP contribution is -2.33. The van der Waals surface area contributed by atoms with E-state index in [1.165, 1.54) is 12.8 Å². The second-order valence-electron chi connectivity index (χ2n) is 6.46. The van der Waals surface area contributed by atoms with Crippen molar-refractivity contribution in [2.75, 3.05) is 26.8 Å². The molecule has 0 aliphatic carbocycles. The van der Waals surface area contributed by atoms with Crippen LogP contribution < -0.4 is 20.1 Å². The van der Waals surface area contributed by atoms with E-state index in [1.54, 1.807) is 7.11 Å². The molecule has 1 unspecified atom stereocenters. The lowest BCUT2D eigenvalue weighted by molar-refractivity contribution is -0.122. The number of rotatable bonds is 8. The summed E-state index contributed by atoms with van der Waals surface area (Å²) >= 11 is 0. The molecule has 1 aromatic carbocycles. The zero-order chi connectivity index (χ0) is 17.4. The Kier molecular flexibility index (Phi) is 9.68. The van der Waals surface area contributed by atoms with Gasteiger partial charge in [0.2, 0.25) is 5.91 Å². The van der Waals surface area contributed by atoms with E-state index in [0.717, 1.165) is 24.4 Å². The normalized spacial score (nSPS) is 15.8. The topological polar surface area (TPSA) is 59.6 Å². The van der Waals surface area contributed by atoms with E-state index in [4.69, 9.17) is 9.47 Å². The van der Waals surface area contributed by atoms with Crippen LogP contribution in [0.5, 0.6) is 11.5 Å². The maximum atomic E-state index is 12.2. The van der Waals surface area contributed by atoms with Crippen LogP contribution in [-0.2, 0) is 11.3 Å². The van der Waals surface area contributed by atoms with Gasteiger partial charge in [-0.15, -0.1) is 12.4 Å². The Bertz CT molecular complexity index is 533. The van der Waals surface area contributed by atoms with Gasteiger partial charge in [0.1, 0.15) is 0 Å². The van der Waals surface area contributed by atoms with Crippen LogP contribution in [0.2, 0.25) is 0 Å². The van der Waals surface area contributed by atoms with E-state index in [1.807, 2.05) is 25.1 Å². The van der Waals surface area contributed by atoms with Gasteiger partial charge in [0.25, 0.3) is 0 Å². The first-order valence-electron chi connectivity index (χ1n) is 8.91. The highest BCUT2D eigenvalue weighted by molar-refractivity contribution is 5.85. The summed E-state index contributed by atoms with van der Waals surface area (Å²) in [6.45, 7) is 7.39. The smallest absolute Gasteiger partial charge is 0.220 e. The Labute approximate surface area is 157 Å². The summed E-state index contributed by atoms with van der Waals surface area (Å²) in [5.74, 6) is 2.64. The number of benzene rings is 1. The third kappa shape index (κ3) is 6.75. The molecule has 6 heteroatoms. The minimum Gasteiger partial charge on any atom is -0.493 e. The quantitative estimate of drug-likeness (QED) is 0.738. The highest BCUT2D eigenvalue weighted by atomic mass is 35.5. The number of methoxy groups -OCH3 is 1. The van der Waals surface area contributed by atoms with Crippen molar-refractivity contribution < 1.29 is 14.3 Å². The first-order chi connectivity index (χ1) is 11.6. The van der Waals surface area contributed by atoms with E-state index in [2.05, 4.69) is 17.6 Å². The molecule has 0 radical (unpaired) electrons. The van der Waals surface area contributed by atoms with Crippen LogP contribution >= 0.6 is 12.4 Å². The summed E-state index contributed by atoms with van der Waals surface area (Å²) in [7, 11) is 1.63. The van der Waals surface area contributed by atoms with Crippen LogP contribution in [0, 0.1) is 11.8 Å². The minimum absolute atomic E-state index is 0. The fraction of sp³-hybridized carbons (Fsp3) is 0.632. The van der Waals surface area contributed by atoms with Crippen molar-refractivity contribution in [2.45, 2.75) is 39.7 Å². The molecule has 0 aromatic heterocycles. The molecule has 1 aromatic rings. The van der Waals surface area contributed by atoms with Crippen LogP contribution in [0.15, 0.2) is 18.2 Å². The number of hydrogen-bond donors (Lipinski definition) is 2. The molecule has 0 spiro atoms. The van der Waals surface area contributed by atoms with Gasteiger partial charge in [-0.25, -0.2) is 0 Å². The van der Waals surface area contributed by atoms with Crippen molar-refractivity contribution >= 4 is 18.3 Å². The second-order valence-corrected chi connectivity index (χ2v) is 6.46. The zero-order valence-electron chi connectivity index (χ0n) is 15.5. The Balaban J connectivity index is 0.00000312. The first-order valence-corrected chi connectivity index (χ1v) is 8.91. The lowest BCUT2D eigenvalue weighted by atomic mass is 9.84. The molecule has 1 aliphatic rings. The molecule has 0 bridgehead atoms. The molecule has 1 aliphatic heterocycles. The van der Waals surface area contributed by atoms with Crippen LogP contribution in [0.1, 0.15) is 38.7 Å². The molecule has 1 amide bonds. The predicted molar refractivity (Wildman–Crippen MR) is 103 cm³/mol. The van der Waals surface area contributed by atoms with Gasteiger partial charge in [-0.1, -0.05) is 13.0 Å². The molecule has 0 saturated carbocycles. The largest absolute Gasteiger partial charge is 0.493 e. The molecule has 1 saturated heterocycles. The van der Waals surface area contributed by atoms with Gasteiger partial charge in [-0.05, 0) is 62.4 Å². The average molecular weight is 371 g/mol. The minimum atomic E-state index is 0. The van der Waals surface area contributed by atoms with Crippen LogP contribution in [0.25, 0.3) is 0 Å². The van der Waals surface area contributed by atoms with E-state index in [9.17, 15) is 4.79 Å². The fourth-order valence-corrected chi connectivity index (χ4v) is 3.24. The van der Waals surface area contributed by atoms with E-state index in [0.29, 0.717) is 37.2 Å². The van der Waals surface area contributed by atoms with Crippen molar-refractivity contribution in [3.05, 3.63) is 23.8 Å². The van der Waals surface area contributed by atoms with Crippen molar-refractivity contribution in [3.8, 4) is 11.5 Å². The maximum Gasteiger partial charge on any atom is 0.220 e. The predicted octanol–water partition coefficient (Wildman–Crippen LogP) is 3.16. The number of carbonyl (C=O) groups is 1.